The van der Waals surface area contributed by atoms with Gasteiger partial charge in [-0.3, -0.25) is 9.59 Å². The molecule has 0 saturated carbocycles. The van der Waals surface area contributed by atoms with Gasteiger partial charge in [0.2, 0.25) is 0 Å². The Morgan fingerprint density at radius 1 is 0.947 bits per heavy atom. The van der Waals surface area contributed by atoms with Gasteiger partial charge >= 0.3 is 11.9 Å². The number of fused-ring (bicyclic) bond motifs is 1. The second-order valence-electron chi connectivity index (χ2n) is 5.21. The number of nitrogens with zero attached hydrogens (tertiary/aromatic N) is 2. The van der Waals surface area contributed by atoms with Crippen LogP contribution in [0, 0.1) is 11.8 Å². The Morgan fingerprint density at radius 2 is 1.58 bits per heavy atom. The third-order valence-electron chi connectivity index (χ3n) is 4.10. The molecule has 0 amide bonds. The topological polar surface area (TPSA) is 84.0 Å². The molecule has 0 spiro atoms. The van der Waals surface area contributed by atoms with Crippen molar-refractivity contribution >= 4 is 22.1 Å². The zero-order chi connectivity index (χ0) is 13.6. The largest absolute Gasteiger partial charge is 0.393 e. The molecule has 3 aliphatic rings. The molecule has 106 valence electrons. The van der Waals surface area contributed by atoms with Crippen LogP contribution in [0.25, 0.3) is 0 Å². The molecule has 3 rings (SSSR count). The van der Waals surface area contributed by atoms with Crippen molar-refractivity contribution in [3.63, 3.8) is 0 Å². The zero-order valence-corrected chi connectivity index (χ0v) is 11.3. The monoisotopic (exact) mass is 288 g/mol. The Kier molecular flexibility index (Phi) is 3.11. The summed E-state index contributed by atoms with van der Waals surface area (Å²) in [6, 6.07) is 0. The van der Waals surface area contributed by atoms with E-state index in [-0.39, 0.29) is 13.1 Å². The highest BCUT2D eigenvalue weighted by molar-refractivity contribution is 7.86. The van der Waals surface area contributed by atoms with Crippen molar-refractivity contribution in [1.82, 2.24) is 8.61 Å². The molecule has 0 aliphatic carbocycles. The van der Waals surface area contributed by atoms with E-state index in [9.17, 15) is 18.0 Å². The van der Waals surface area contributed by atoms with Crippen molar-refractivity contribution in [3.8, 4) is 0 Å². The summed E-state index contributed by atoms with van der Waals surface area (Å²) >= 11 is 0. The predicted octanol–water partition coefficient (Wildman–Crippen LogP) is -0.651. The van der Waals surface area contributed by atoms with E-state index in [1.807, 2.05) is 0 Å². The number of piperidine rings is 1. The first-order valence-electron chi connectivity index (χ1n) is 6.51. The lowest BCUT2D eigenvalue weighted by Gasteiger charge is -2.33. The van der Waals surface area contributed by atoms with Crippen molar-refractivity contribution < 1.29 is 22.7 Å². The number of hydrogen-bond donors (Lipinski definition) is 0. The smallest absolute Gasteiger partial charge is 0.318 e. The van der Waals surface area contributed by atoms with Gasteiger partial charge in [0.05, 0.1) is 11.8 Å². The Hall–Kier alpha value is -0.990. The summed E-state index contributed by atoms with van der Waals surface area (Å²) in [5.41, 5.74) is 0. The molecule has 3 saturated heterocycles. The molecule has 3 heterocycles. The van der Waals surface area contributed by atoms with E-state index in [1.54, 1.807) is 0 Å². The summed E-state index contributed by atoms with van der Waals surface area (Å²) in [7, 11) is -3.49. The Balaban J connectivity index is 1.77. The first-order valence-corrected chi connectivity index (χ1v) is 7.90. The number of ether oxygens (including phenoxy) is 1. The summed E-state index contributed by atoms with van der Waals surface area (Å²) in [5, 5.41) is 0. The Labute approximate surface area is 111 Å². The fraction of sp³-hybridized carbons (Fsp3) is 0.818. The van der Waals surface area contributed by atoms with E-state index in [4.69, 9.17) is 0 Å². The number of carbonyl (C=O) groups excluding carboxylic acids is 2. The molecule has 0 aromatic rings. The molecule has 0 radical (unpaired) electrons. The molecule has 2 atom stereocenters. The van der Waals surface area contributed by atoms with E-state index >= 15 is 0 Å². The lowest BCUT2D eigenvalue weighted by Crippen LogP contribution is -2.49. The lowest BCUT2D eigenvalue weighted by atomic mass is 9.89. The highest BCUT2D eigenvalue weighted by atomic mass is 32.2. The van der Waals surface area contributed by atoms with Crippen molar-refractivity contribution in [1.29, 1.82) is 0 Å². The van der Waals surface area contributed by atoms with Crippen LogP contribution in [0.15, 0.2) is 0 Å². The van der Waals surface area contributed by atoms with Crippen LogP contribution in [-0.2, 0) is 24.5 Å². The molecular weight excluding hydrogens is 272 g/mol. The van der Waals surface area contributed by atoms with Gasteiger partial charge in [-0.25, -0.2) is 0 Å². The summed E-state index contributed by atoms with van der Waals surface area (Å²) in [6.07, 6.45) is 2.11. The molecule has 7 nitrogen and oxygen atoms in total. The molecule has 0 bridgehead atoms. The van der Waals surface area contributed by atoms with E-state index in [2.05, 4.69) is 4.74 Å². The molecule has 0 aromatic carbocycles. The first kappa shape index (κ1) is 13.0. The summed E-state index contributed by atoms with van der Waals surface area (Å²) in [5.74, 6) is -2.18. The zero-order valence-electron chi connectivity index (χ0n) is 10.4. The summed E-state index contributed by atoms with van der Waals surface area (Å²) in [4.78, 5) is 22.9. The molecule has 19 heavy (non-hydrogen) atoms. The van der Waals surface area contributed by atoms with Gasteiger partial charge in [-0.1, -0.05) is 0 Å². The van der Waals surface area contributed by atoms with Gasteiger partial charge in [-0.15, -0.1) is 0 Å². The van der Waals surface area contributed by atoms with E-state index in [0.717, 1.165) is 12.8 Å². The minimum absolute atomic E-state index is 0.0636. The van der Waals surface area contributed by atoms with Crippen molar-refractivity contribution in [3.05, 3.63) is 0 Å². The number of hydrogen-bond acceptors (Lipinski definition) is 5. The van der Waals surface area contributed by atoms with Gasteiger partial charge < -0.3 is 4.74 Å². The quantitative estimate of drug-likeness (QED) is 0.498. The Bertz CT molecular complexity index is 511. The maximum absolute atomic E-state index is 12.4. The lowest BCUT2D eigenvalue weighted by molar-refractivity contribution is -0.153. The van der Waals surface area contributed by atoms with Crippen LogP contribution in [0.5, 0.6) is 0 Å². The minimum atomic E-state index is -3.49. The van der Waals surface area contributed by atoms with E-state index in [1.165, 1.54) is 8.61 Å². The average Bonchev–Trinajstić information content (AvgIpc) is 2.99. The average molecular weight is 288 g/mol. The van der Waals surface area contributed by atoms with Crippen LogP contribution >= 0.6 is 0 Å². The third kappa shape index (κ3) is 2.07. The Morgan fingerprint density at radius 3 is 2.26 bits per heavy atom. The maximum Gasteiger partial charge on any atom is 0.318 e. The standard InChI is InChI=1S/C11H16N2O5S/c14-10-8-3-6-13(7-9(8)11(15)18-10)19(16,17)12-4-1-2-5-12/h8-9H,1-7H2. The summed E-state index contributed by atoms with van der Waals surface area (Å²) < 4.78 is 32.1. The van der Waals surface area contributed by atoms with Crippen molar-refractivity contribution in [2.45, 2.75) is 19.3 Å². The highest BCUT2D eigenvalue weighted by Crippen LogP contribution is 2.33. The van der Waals surface area contributed by atoms with Gasteiger partial charge in [-0.2, -0.15) is 17.0 Å². The normalized spacial score (nSPS) is 33.5. The highest BCUT2D eigenvalue weighted by Gasteiger charge is 2.50. The first-order chi connectivity index (χ1) is 9.00. The van der Waals surface area contributed by atoms with Crippen LogP contribution in [0.4, 0.5) is 0 Å². The van der Waals surface area contributed by atoms with Crippen LogP contribution in [0.1, 0.15) is 19.3 Å². The van der Waals surface area contributed by atoms with Crippen molar-refractivity contribution in [2.24, 2.45) is 11.8 Å². The summed E-state index contributed by atoms with van der Waals surface area (Å²) in [6.45, 7) is 1.42. The molecule has 3 aliphatic heterocycles. The SMILES string of the molecule is O=C1OC(=O)C2CN(S(=O)(=O)N3CCCC3)CCC12. The van der Waals surface area contributed by atoms with Gasteiger partial charge in [-0.05, 0) is 19.3 Å². The van der Waals surface area contributed by atoms with Crippen LogP contribution in [-0.4, -0.2) is 55.1 Å². The van der Waals surface area contributed by atoms with E-state index in [0.29, 0.717) is 19.5 Å². The molecule has 8 heteroatoms. The number of carbonyl (C=O) groups is 2. The second-order valence-corrected chi connectivity index (χ2v) is 7.14. The number of rotatable bonds is 2. The van der Waals surface area contributed by atoms with Gasteiger partial charge in [0.1, 0.15) is 0 Å². The fourth-order valence-electron chi connectivity index (χ4n) is 2.99. The maximum atomic E-state index is 12.4. The fourth-order valence-corrected chi connectivity index (χ4v) is 4.72. The predicted molar refractivity (Wildman–Crippen MR) is 64.0 cm³/mol. The van der Waals surface area contributed by atoms with Gasteiger partial charge in [0.25, 0.3) is 10.2 Å². The van der Waals surface area contributed by atoms with Crippen molar-refractivity contribution in [2.75, 3.05) is 26.2 Å². The third-order valence-corrected chi connectivity index (χ3v) is 6.10. The molecule has 3 fully saturated rings. The second kappa shape index (κ2) is 4.53. The minimum Gasteiger partial charge on any atom is -0.393 e. The molecule has 2 unspecified atom stereocenters. The van der Waals surface area contributed by atoms with E-state index < -0.39 is 34.0 Å². The van der Waals surface area contributed by atoms with Crippen LogP contribution in [0.3, 0.4) is 0 Å². The van der Waals surface area contributed by atoms with Gasteiger partial charge in [0.15, 0.2) is 0 Å². The van der Waals surface area contributed by atoms with Crippen LogP contribution < -0.4 is 0 Å². The molecular formula is C11H16N2O5S. The number of esters is 2. The van der Waals surface area contributed by atoms with Gasteiger partial charge in [0, 0.05) is 26.2 Å². The molecule has 0 aromatic heterocycles. The van der Waals surface area contributed by atoms with Crippen LogP contribution in [0.2, 0.25) is 0 Å². The number of cyclic esters (lactones) is 2. The molecule has 0 N–H and O–H groups in total.